The lowest BCUT2D eigenvalue weighted by atomic mass is 9.97. The SMILES string of the molecule is OCCCn1cnnc1C1CCNCC1. The van der Waals surface area contributed by atoms with E-state index in [1.54, 1.807) is 6.33 Å². The van der Waals surface area contributed by atoms with E-state index in [0.29, 0.717) is 5.92 Å². The van der Waals surface area contributed by atoms with Crippen molar-refractivity contribution in [3.8, 4) is 0 Å². The van der Waals surface area contributed by atoms with Crippen LogP contribution in [0.1, 0.15) is 31.0 Å². The fourth-order valence-corrected chi connectivity index (χ4v) is 2.07. The Morgan fingerprint density at radius 1 is 1.47 bits per heavy atom. The van der Waals surface area contributed by atoms with Gasteiger partial charge in [-0.25, -0.2) is 0 Å². The maximum Gasteiger partial charge on any atom is 0.136 e. The summed E-state index contributed by atoms with van der Waals surface area (Å²) in [5.41, 5.74) is 0. The lowest BCUT2D eigenvalue weighted by Crippen LogP contribution is -2.28. The smallest absolute Gasteiger partial charge is 0.136 e. The van der Waals surface area contributed by atoms with E-state index in [0.717, 1.165) is 44.7 Å². The van der Waals surface area contributed by atoms with E-state index in [4.69, 9.17) is 5.11 Å². The molecule has 5 nitrogen and oxygen atoms in total. The highest BCUT2D eigenvalue weighted by Crippen LogP contribution is 2.22. The number of nitrogens with zero attached hydrogens (tertiary/aromatic N) is 3. The number of rotatable bonds is 4. The van der Waals surface area contributed by atoms with Crippen LogP contribution in [0.5, 0.6) is 0 Å². The summed E-state index contributed by atoms with van der Waals surface area (Å²) in [6, 6.07) is 0. The van der Waals surface area contributed by atoms with Gasteiger partial charge < -0.3 is 15.0 Å². The molecule has 1 aliphatic rings. The minimum Gasteiger partial charge on any atom is -0.396 e. The Morgan fingerprint density at radius 3 is 3.00 bits per heavy atom. The predicted molar refractivity (Wildman–Crippen MR) is 56.6 cm³/mol. The van der Waals surface area contributed by atoms with Crippen molar-refractivity contribution in [3.05, 3.63) is 12.2 Å². The Balaban J connectivity index is 2.02. The van der Waals surface area contributed by atoms with Gasteiger partial charge >= 0.3 is 0 Å². The van der Waals surface area contributed by atoms with E-state index in [2.05, 4.69) is 20.1 Å². The number of aromatic nitrogens is 3. The molecule has 0 aliphatic carbocycles. The molecule has 5 heteroatoms. The Bertz CT molecular complexity index is 293. The first-order valence-corrected chi connectivity index (χ1v) is 5.61. The first-order chi connectivity index (χ1) is 7.42. The number of nitrogens with one attached hydrogen (secondary N) is 1. The Labute approximate surface area is 89.5 Å². The summed E-state index contributed by atoms with van der Waals surface area (Å²) in [7, 11) is 0. The van der Waals surface area contributed by atoms with E-state index in [9.17, 15) is 0 Å². The first-order valence-electron chi connectivity index (χ1n) is 5.61. The van der Waals surface area contributed by atoms with Gasteiger partial charge in [0.2, 0.25) is 0 Å². The highest BCUT2D eigenvalue weighted by Gasteiger charge is 2.19. The van der Waals surface area contributed by atoms with Gasteiger partial charge in [-0.2, -0.15) is 0 Å². The molecule has 1 fully saturated rings. The zero-order chi connectivity index (χ0) is 10.5. The third kappa shape index (κ3) is 2.54. The second-order valence-electron chi connectivity index (χ2n) is 3.98. The molecule has 0 bridgehead atoms. The van der Waals surface area contributed by atoms with Gasteiger partial charge in [0.15, 0.2) is 0 Å². The van der Waals surface area contributed by atoms with Crippen molar-refractivity contribution in [2.75, 3.05) is 19.7 Å². The molecule has 1 aromatic rings. The van der Waals surface area contributed by atoms with Crippen molar-refractivity contribution < 1.29 is 5.11 Å². The average molecular weight is 210 g/mol. The molecular weight excluding hydrogens is 192 g/mol. The highest BCUT2D eigenvalue weighted by atomic mass is 16.3. The lowest BCUT2D eigenvalue weighted by molar-refractivity contribution is 0.278. The Kier molecular flexibility index (Phi) is 3.69. The number of hydrogen-bond donors (Lipinski definition) is 2. The van der Waals surface area contributed by atoms with Crippen LogP contribution in [0.15, 0.2) is 6.33 Å². The average Bonchev–Trinajstić information content (AvgIpc) is 2.75. The van der Waals surface area contributed by atoms with Gasteiger partial charge in [-0.05, 0) is 32.4 Å². The van der Waals surface area contributed by atoms with Crippen LogP contribution in [0.3, 0.4) is 0 Å². The number of piperidine rings is 1. The summed E-state index contributed by atoms with van der Waals surface area (Å²) in [6.45, 7) is 3.18. The molecule has 0 atom stereocenters. The van der Waals surface area contributed by atoms with Crippen molar-refractivity contribution in [3.63, 3.8) is 0 Å². The van der Waals surface area contributed by atoms with Crippen LogP contribution in [0, 0.1) is 0 Å². The molecule has 1 saturated heterocycles. The van der Waals surface area contributed by atoms with Crippen LogP contribution in [0.4, 0.5) is 0 Å². The van der Waals surface area contributed by atoms with Crippen molar-refractivity contribution >= 4 is 0 Å². The molecule has 2 rings (SSSR count). The summed E-state index contributed by atoms with van der Waals surface area (Å²) in [5.74, 6) is 1.62. The predicted octanol–water partition coefficient (Wildman–Crippen LogP) is 0.128. The molecule has 15 heavy (non-hydrogen) atoms. The van der Waals surface area contributed by atoms with E-state index in [-0.39, 0.29) is 6.61 Å². The van der Waals surface area contributed by atoms with Gasteiger partial charge in [-0.15, -0.1) is 10.2 Å². The van der Waals surface area contributed by atoms with Crippen molar-refractivity contribution in [2.24, 2.45) is 0 Å². The van der Waals surface area contributed by atoms with Crippen LogP contribution >= 0.6 is 0 Å². The van der Waals surface area contributed by atoms with E-state index >= 15 is 0 Å². The summed E-state index contributed by atoms with van der Waals surface area (Å²) < 4.78 is 2.08. The van der Waals surface area contributed by atoms with Crippen LogP contribution in [0.2, 0.25) is 0 Å². The van der Waals surface area contributed by atoms with Crippen molar-refractivity contribution in [1.82, 2.24) is 20.1 Å². The van der Waals surface area contributed by atoms with Crippen molar-refractivity contribution in [2.45, 2.75) is 31.7 Å². The number of aryl methyl sites for hydroxylation is 1. The van der Waals surface area contributed by atoms with Crippen LogP contribution in [-0.2, 0) is 6.54 Å². The van der Waals surface area contributed by atoms with Gasteiger partial charge in [-0.3, -0.25) is 0 Å². The van der Waals surface area contributed by atoms with Gasteiger partial charge in [0.25, 0.3) is 0 Å². The minimum atomic E-state index is 0.226. The summed E-state index contributed by atoms with van der Waals surface area (Å²) in [6.07, 6.45) is 4.82. The molecule has 1 aliphatic heterocycles. The summed E-state index contributed by atoms with van der Waals surface area (Å²) in [4.78, 5) is 0. The lowest BCUT2D eigenvalue weighted by Gasteiger charge is -2.22. The van der Waals surface area contributed by atoms with Crippen LogP contribution in [0.25, 0.3) is 0 Å². The third-order valence-electron chi connectivity index (χ3n) is 2.91. The molecule has 0 amide bonds. The Morgan fingerprint density at radius 2 is 2.27 bits per heavy atom. The molecule has 0 radical (unpaired) electrons. The van der Waals surface area contributed by atoms with Crippen LogP contribution < -0.4 is 5.32 Å². The van der Waals surface area contributed by atoms with Gasteiger partial charge in [0.05, 0.1) is 0 Å². The summed E-state index contributed by atoms with van der Waals surface area (Å²) >= 11 is 0. The molecule has 2 heterocycles. The standard InChI is InChI=1S/C10H18N4O/c15-7-1-6-14-8-12-13-10(14)9-2-4-11-5-3-9/h8-9,11,15H,1-7H2. The van der Waals surface area contributed by atoms with Gasteiger partial charge in [-0.1, -0.05) is 0 Å². The quantitative estimate of drug-likeness (QED) is 0.741. The molecule has 0 unspecified atom stereocenters. The minimum absolute atomic E-state index is 0.226. The molecule has 0 saturated carbocycles. The molecule has 0 aromatic carbocycles. The zero-order valence-electron chi connectivity index (χ0n) is 8.89. The fourth-order valence-electron chi connectivity index (χ4n) is 2.07. The maximum atomic E-state index is 8.80. The van der Waals surface area contributed by atoms with E-state index in [1.165, 1.54) is 0 Å². The molecule has 1 aromatic heterocycles. The third-order valence-corrected chi connectivity index (χ3v) is 2.91. The Hall–Kier alpha value is -0.940. The number of aliphatic hydroxyl groups is 1. The van der Waals surface area contributed by atoms with Gasteiger partial charge in [0, 0.05) is 19.1 Å². The molecule has 2 N–H and O–H groups in total. The van der Waals surface area contributed by atoms with Gasteiger partial charge in [0.1, 0.15) is 12.2 Å². The zero-order valence-corrected chi connectivity index (χ0v) is 8.89. The largest absolute Gasteiger partial charge is 0.396 e. The second-order valence-corrected chi connectivity index (χ2v) is 3.98. The monoisotopic (exact) mass is 210 g/mol. The van der Waals surface area contributed by atoms with E-state index < -0.39 is 0 Å². The number of aliphatic hydroxyl groups excluding tert-OH is 1. The molecular formula is C10H18N4O. The van der Waals surface area contributed by atoms with Crippen molar-refractivity contribution in [1.29, 1.82) is 0 Å². The maximum absolute atomic E-state index is 8.80. The normalized spacial score (nSPS) is 18.2. The van der Waals surface area contributed by atoms with E-state index in [1.807, 2.05) is 0 Å². The highest BCUT2D eigenvalue weighted by molar-refractivity contribution is 4.98. The molecule has 0 spiro atoms. The fraction of sp³-hybridized carbons (Fsp3) is 0.800. The number of hydrogen-bond acceptors (Lipinski definition) is 4. The first kappa shape index (κ1) is 10.6. The van der Waals surface area contributed by atoms with Crippen LogP contribution in [-0.4, -0.2) is 39.6 Å². The summed E-state index contributed by atoms with van der Waals surface area (Å²) in [5, 5.41) is 20.3. The topological polar surface area (TPSA) is 63.0 Å². The second kappa shape index (κ2) is 5.23. The molecule has 84 valence electrons.